The van der Waals surface area contributed by atoms with E-state index in [2.05, 4.69) is 43.5 Å². The standard InChI is InChI=1S/C26H34ClN3O3/c1-18(2)24(17-28-22-10-4-19(3)5-11-22)29-26(32)23(20-6-8-21(27)9-7-20)16-25(31)30-12-14-33-15-13-30/h4-11,18,23-24,28H,12-17H2,1-3H3,(H,29,32)/t23-,24-/m1/s1. The molecule has 0 unspecified atom stereocenters. The van der Waals surface area contributed by atoms with E-state index in [0.29, 0.717) is 37.9 Å². The summed E-state index contributed by atoms with van der Waals surface area (Å²) in [7, 11) is 0. The molecule has 0 saturated carbocycles. The Morgan fingerprint density at radius 1 is 1.03 bits per heavy atom. The molecule has 1 aliphatic heterocycles. The average Bonchev–Trinajstić information content (AvgIpc) is 2.82. The highest BCUT2D eigenvalue weighted by Crippen LogP contribution is 2.24. The third-order valence-electron chi connectivity index (χ3n) is 6.04. The van der Waals surface area contributed by atoms with Crippen LogP contribution in [0.5, 0.6) is 0 Å². The topological polar surface area (TPSA) is 70.7 Å². The maximum atomic E-state index is 13.5. The van der Waals surface area contributed by atoms with Crippen LogP contribution in [0.3, 0.4) is 0 Å². The fraction of sp³-hybridized carbons (Fsp3) is 0.462. The molecule has 2 aromatic rings. The van der Waals surface area contributed by atoms with Gasteiger partial charge in [0.25, 0.3) is 0 Å². The number of aryl methyl sites for hydroxylation is 1. The van der Waals surface area contributed by atoms with Crippen molar-refractivity contribution in [1.82, 2.24) is 10.2 Å². The van der Waals surface area contributed by atoms with Gasteiger partial charge in [-0.1, -0.05) is 55.3 Å². The third-order valence-corrected chi connectivity index (χ3v) is 6.29. The molecule has 3 rings (SSSR count). The van der Waals surface area contributed by atoms with Crippen LogP contribution < -0.4 is 10.6 Å². The number of morpholine rings is 1. The van der Waals surface area contributed by atoms with E-state index in [0.717, 1.165) is 11.3 Å². The minimum absolute atomic E-state index is 0.0349. The molecule has 2 aromatic carbocycles. The van der Waals surface area contributed by atoms with Crippen molar-refractivity contribution in [2.45, 2.75) is 39.2 Å². The minimum Gasteiger partial charge on any atom is -0.383 e. The maximum absolute atomic E-state index is 13.5. The molecule has 2 amide bonds. The lowest BCUT2D eigenvalue weighted by molar-refractivity contribution is -0.138. The molecule has 178 valence electrons. The first-order chi connectivity index (χ1) is 15.8. The highest BCUT2D eigenvalue weighted by atomic mass is 35.5. The summed E-state index contributed by atoms with van der Waals surface area (Å²) < 4.78 is 5.35. The second kappa shape index (κ2) is 12.1. The zero-order valence-corrected chi connectivity index (χ0v) is 20.4. The Morgan fingerprint density at radius 3 is 2.27 bits per heavy atom. The molecule has 2 atom stereocenters. The van der Waals surface area contributed by atoms with E-state index in [4.69, 9.17) is 16.3 Å². The molecule has 7 heteroatoms. The van der Waals surface area contributed by atoms with E-state index in [1.54, 1.807) is 17.0 Å². The Morgan fingerprint density at radius 2 is 1.67 bits per heavy atom. The van der Waals surface area contributed by atoms with Gasteiger partial charge in [-0.2, -0.15) is 0 Å². The maximum Gasteiger partial charge on any atom is 0.228 e. The summed E-state index contributed by atoms with van der Waals surface area (Å²) in [4.78, 5) is 28.2. The van der Waals surface area contributed by atoms with Crippen LogP contribution in [0.25, 0.3) is 0 Å². The van der Waals surface area contributed by atoms with Gasteiger partial charge >= 0.3 is 0 Å². The second-order valence-electron chi connectivity index (χ2n) is 8.91. The SMILES string of the molecule is Cc1ccc(NC[C@@H](NC(=O)[C@H](CC(=O)N2CCOCC2)c2ccc(Cl)cc2)C(C)C)cc1. The van der Waals surface area contributed by atoms with Crippen molar-refractivity contribution in [1.29, 1.82) is 0 Å². The third kappa shape index (κ3) is 7.47. The van der Waals surface area contributed by atoms with Crippen molar-refractivity contribution in [3.8, 4) is 0 Å². The first-order valence-electron chi connectivity index (χ1n) is 11.6. The predicted octanol–water partition coefficient (Wildman–Crippen LogP) is 4.23. The van der Waals surface area contributed by atoms with Crippen molar-refractivity contribution in [3.05, 3.63) is 64.7 Å². The van der Waals surface area contributed by atoms with E-state index in [1.807, 2.05) is 24.3 Å². The van der Waals surface area contributed by atoms with Crippen LogP contribution in [0.2, 0.25) is 5.02 Å². The van der Waals surface area contributed by atoms with Gasteiger partial charge in [-0.15, -0.1) is 0 Å². The fourth-order valence-electron chi connectivity index (χ4n) is 3.81. The molecular weight excluding hydrogens is 438 g/mol. The largest absolute Gasteiger partial charge is 0.383 e. The van der Waals surface area contributed by atoms with E-state index in [9.17, 15) is 9.59 Å². The number of hydrogen-bond donors (Lipinski definition) is 2. The molecule has 6 nitrogen and oxygen atoms in total. The predicted molar refractivity (Wildman–Crippen MR) is 133 cm³/mol. The number of rotatable bonds is 9. The summed E-state index contributed by atoms with van der Waals surface area (Å²) in [6, 6.07) is 15.3. The number of ether oxygens (including phenoxy) is 1. The van der Waals surface area contributed by atoms with E-state index in [-0.39, 0.29) is 30.2 Å². The van der Waals surface area contributed by atoms with E-state index >= 15 is 0 Å². The van der Waals surface area contributed by atoms with Crippen molar-refractivity contribution in [2.75, 3.05) is 38.2 Å². The summed E-state index contributed by atoms with van der Waals surface area (Å²) in [6.45, 7) is 8.99. The monoisotopic (exact) mass is 471 g/mol. The molecule has 0 bridgehead atoms. The van der Waals surface area contributed by atoms with Gasteiger partial charge in [0.05, 0.1) is 19.1 Å². The molecule has 33 heavy (non-hydrogen) atoms. The number of halogens is 1. The number of anilines is 1. The van der Waals surface area contributed by atoms with Gasteiger partial charge in [-0.25, -0.2) is 0 Å². The zero-order chi connectivity index (χ0) is 23.8. The van der Waals surface area contributed by atoms with Gasteiger partial charge in [0.2, 0.25) is 11.8 Å². The fourth-order valence-corrected chi connectivity index (χ4v) is 3.94. The van der Waals surface area contributed by atoms with Crippen LogP contribution in [0.1, 0.15) is 37.3 Å². The van der Waals surface area contributed by atoms with Crippen LogP contribution >= 0.6 is 11.6 Å². The van der Waals surface area contributed by atoms with Crippen molar-refractivity contribution in [2.24, 2.45) is 5.92 Å². The van der Waals surface area contributed by atoms with Crippen molar-refractivity contribution in [3.63, 3.8) is 0 Å². The molecule has 2 N–H and O–H groups in total. The first kappa shape index (κ1) is 25.1. The van der Waals surface area contributed by atoms with Crippen LogP contribution in [-0.2, 0) is 14.3 Å². The molecule has 1 heterocycles. The Kier molecular flexibility index (Phi) is 9.15. The lowest BCUT2D eigenvalue weighted by atomic mass is 9.92. The van der Waals surface area contributed by atoms with Gasteiger partial charge in [-0.05, 0) is 42.7 Å². The number of amides is 2. The number of benzene rings is 2. The smallest absolute Gasteiger partial charge is 0.228 e. The van der Waals surface area contributed by atoms with Crippen molar-refractivity contribution < 1.29 is 14.3 Å². The Balaban J connectivity index is 1.71. The normalized spacial score (nSPS) is 15.7. The Bertz CT molecular complexity index is 909. The molecule has 0 spiro atoms. The summed E-state index contributed by atoms with van der Waals surface area (Å²) >= 11 is 6.06. The molecule has 1 saturated heterocycles. The molecule has 0 aliphatic carbocycles. The second-order valence-corrected chi connectivity index (χ2v) is 9.34. The highest BCUT2D eigenvalue weighted by Gasteiger charge is 2.29. The number of hydrogen-bond acceptors (Lipinski definition) is 4. The zero-order valence-electron chi connectivity index (χ0n) is 19.6. The molecule has 1 aliphatic rings. The van der Waals surface area contributed by atoms with Crippen LogP contribution in [-0.4, -0.2) is 55.6 Å². The number of carbonyl (C=O) groups excluding carboxylic acids is 2. The van der Waals surface area contributed by atoms with Gasteiger partial charge in [0.15, 0.2) is 0 Å². The molecular formula is C26H34ClN3O3. The van der Waals surface area contributed by atoms with Gasteiger partial charge in [0.1, 0.15) is 0 Å². The van der Waals surface area contributed by atoms with Crippen LogP contribution in [0.4, 0.5) is 5.69 Å². The molecule has 0 aromatic heterocycles. The highest BCUT2D eigenvalue weighted by molar-refractivity contribution is 6.30. The quantitative estimate of drug-likeness (QED) is 0.574. The number of nitrogens with zero attached hydrogens (tertiary/aromatic N) is 1. The number of carbonyl (C=O) groups is 2. The molecule has 1 fully saturated rings. The van der Waals surface area contributed by atoms with E-state index < -0.39 is 5.92 Å². The lowest BCUT2D eigenvalue weighted by Gasteiger charge is -2.30. The summed E-state index contributed by atoms with van der Waals surface area (Å²) in [5.41, 5.74) is 3.00. The minimum atomic E-state index is -0.585. The number of nitrogens with one attached hydrogen (secondary N) is 2. The van der Waals surface area contributed by atoms with Gasteiger partial charge < -0.3 is 20.3 Å². The Hall–Kier alpha value is -2.57. The van der Waals surface area contributed by atoms with Crippen LogP contribution in [0, 0.1) is 12.8 Å². The first-order valence-corrected chi connectivity index (χ1v) is 11.9. The van der Waals surface area contributed by atoms with Gasteiger partial charge in [0, 0.05) is 42.8 Å². The van der Waals surface area contributed by atoms with Crippen LogP contribution in [0.15, 0.2) is 48.5 Å². The summed E-state index contributed by atoms with van der Waals surface area (Å²) in [6.07, 6.45) is 0.115. The lowest BCUT2D eigenvalue weighted by Crippen LogP contribution is -2.47. The van der Waals surface area contributed by atoms with E-state index in [1.165, 1.54) is 5.56 Å². The summed E-state index contributed by atoms with van der Waals surface area (Å²) in [5.74, 6) is -0.554. The Labute approximate surface area is 201 Å². The van der Waals surface area contributed by atoms with Gasteiger partial charge in [-0.3, -0.25) is 9.59 Å². The molecule has 0 radical (unpaired) electrons. The summed E-state index contributed by atoms with van der Waals surface area (Å²) in [5, 5.41) is 7.20. The van der Waals surface area contributed by atoms with Crippen molar-refractivity contribution >= 4 is 29.1 Å². The average molecular weight is 472 g/mol.